The van der Waals surface area contributed by atoms with E-state index in [1.165, 1.54) is 9.40 Å². The van der Waals surface area contributed by atoms with Crippen molar-refractivity contribution >= 4 is 54.1 Å². The SMILES string of the molecule is [C-]#[N+]/C(C#N)=C/c1cc2sc(Br)cc2s1. The zero-order chi connectivity index (χ0) is 10.8. The molecule has 0 aliphatic heterocycles. The number of halogens is 1. The Hall–Kier alpha value is -1.14. The Balaban J connectivity index is 2.48. The predicted octanol–water partition coefficient (Wildman–Crippen LogP) is 4.51. The van der Waals surface area contributed by atoms with Crippen LogP contribution >= 0.6 is 38.6 Å². The summed E-state index contributed by atoms with van der Waals surface area (Å²) in [7, 11) is 0. The van der Waals surface area contributed by atoms with Gasteiger partial charge in [0, 0.05) is 14.3 Å². The van der Waals surface area contributed by atoms with Crippen LogP contribution in [0.4, 0.5) is 0 Å². The number of nitrogens with zero attached hydrogens (tertiary/aromatic N) is 2. The number of hydrogen-bond donors (Lipinski definition) is 0. The van der Waals surface area contributed by atoms with Crippen molar-refractivity contribution in [3.8, 4) is 6.07 Å². The van der Waals surface area contributed by atoms with E-state index in [0.29, 0.717) is 0 Å². The van der Waals surface area contributed by atoms with Crippen molar-refractivity contribution in [3.63, 3.8) is 0 Å². The van der Waals surface area contributed by atoms with Gasteiger partial charge in [-0.3, -0.25) is 0 Å². The van der Waals surface area contributed by atoms with Crippen LogP contribution in [0.2, 0.25) is 0 Å². The molecule has 0 unspecified atom stereocenters. The standard InChI is InChI=1S/C10H3BrN2S2/c1-13-6(5-12)2-7-3-8-9(14-7)4-10(11)15-8/h2-4H/b6-2+. The van der Waals surface area contributed by atoms with Gasteiger partial charge in [-0.15, -0.1) is 22.7 Å². The maximum absolute atomic E-state index is 8.62. The van der Waals surface area contributed by atoms with Crippen molar-refractivity contribution in [3.05, 3.63) is 37.9 Å². The Labute approximate surface area is 103 Å². The minimum absolute atomic E-state index is 0.128. The number of rotatable bonds is 1. The number of nitriles is 1. The summed E-state index contributed by atoms with van der Waals surface area (Å²) in [6.45, 7) is 6.77. The first kappa shape index (κ1) is 10.4. The second-order valence-electron chi connectivity index (χ2n) is 2.68. The molecule has 15 heavy (non-hydrogen) atoms. The molecule has 0 aromatic carbocycles. The van der Waals surface area contributed by atoms with Crippen LogP contribution in [0.1, 0.15) is 4.88 Å². The second kappa shape index (κ2) is 4.16. The molecular formula is C10H3BrN2S2. The summed E-state index contributed by atoms with van der Waals surface area (Å²) >= 11 is 6.65. The van der Waals surface area contributed by atoms with Gasteiger partial charge in [-0.2, -0.15) is 0 Å². The molecule has 5 heteroatoms. The van der Waals surface area contributed by atoms with Gasteiger partial charge in [0.25, 0.3) is 5.70 Å². The molecule has 0 aliphatic rings. The van der Waals surface area contributed by atoms with Crippen molar-refractivity contribution < 1.29 is 0 Å². The summed E-state index contributed by atoms with van der Waals surface area (Å²) < 4.78 is 3.46. The molecule has 72 valence electrons. The number of allylic oxidation sites excluding steroid dienone is 1. The lowest BCUT2D eigenvalue weighted by atomic mass is 10.3. The zero-order valence-electron chi connectivity index (χ0n) is 7.32. The van der Waals surface area contributed by atoms with Gasteiger partial charge in [-0.1, -0.05) is 0 Å². The van der Waals surface area contributed by atoms with E-state index in [1.54, 1.807) is 28.7 Å². The van der Waals surface area contributed by atoms with Gasteiger partial charge >= 0.3 is 0 Å². The average Bonchev–Trinajstić information content (AvgIpc) is 2.70. The number of hydrogen-bond acceptors (Lipinski definition) is 3. The first-order chi connectivity index (χ1) is 7.22. The van der Waals surface area contributed by atoms with Gasteiger partial charge in [-0.25, -0.2) is 10.1 Å². The third kappa shape index (κ3) is 2.10. The topological polar surface area (TPSA) is 28.1 Å². The molecule has 0 saturated carbocycles. The van der Waals surface area contributed by atoms with E-state index in [9.17, 15) is 0 Å². The molecule has 0 radical (unpaired) electrons. The molecule has 2 rings (SSSR count). The molecule has 2 aromatic heterocycles. The van der Waals surface area contributed by atoms with Crippen LogP contribution in [0.15, 0.2) is 21.6 Å². The lowest BCUT2D eigenvalue weighted by Crippen LogP contribution is -1.65. The molecule has 0 atom stereocenters. The summed E-state index contributed by atoms with van der Waals surface area (Å²) in [5.41, 5.74) is 0.128. The highest BCUT2D eigenvalue weighted by Gasteiger charge is 2.04. The first-order valence-electron chi connectivity index (χ1n) is 3.91. The average molecular weight is 295 g/mol. The van der Waals surface area contributed by atoms with Gasteiger partial charge < -0.3 is 0 Å². The molecule has 0 N–H and O–H groups in total. The van der Waals surface area contributed by atoms with Crippen LogP contribution in [0.3, 0.4) is 0 Å². The quantitative estimate of drug-likeness (QED) is 0.562. The number of fused-ring (bicyclic) bond motifs is 1. The Kier molecular flexibility index (Phi) is 2.88. The third-order valence-electron chi connectivity index (χ3n) is 1.71. The Bertz CT molecular complexity index is 574. The maximum atomic E-state index is 8.62. The Morgan fingerprint density at radius 1 is 1.47 bits per heavy atom. The van der Waals surface area contributed by atoms with Crippen LogP contribution in [-0.4, -0.2) is 0 Å². The van der Waals surface area contributed by atoms with Crippen molar-refractivity contribution in [1.29, 1.82) is 5.26 Å². The molecule has 0 saturated heterocycles. The van der Waals surface area contributed by atoms with Gasteiger partial charge in [0.1, 0.15) is 0 Å². The number of thiophene rings is 2. The van der Waals surface area contributed by atoms with Crippen molar-refractivity contribution in [2.45, 2.75) is 0 Å². The van der Waals surface area contributed by atoms with Crippen molar-refractivity contribution in [1.82, 2.24) is 0 Å². The fourth-order valence-electron chi connectivity index (χ4n) is 1.12. The predicted molar refractivity (Wildman–Crippen MR) is 67.6 cm³/mol. The molecule has 2 aromatic rings. The van der Waals surface area contributed by atoms with Crippen LogP contribution < -0.4 is 0 Å². The van der Waals surface area contributed by atoms with Gasteiger partial charge in [0.05, 0.1) is 16.4 Å². The van der Waals surface area contributed by atoms with Crippen molar-refractivity contribution in [2.75, 3.05) is 0 Å². The second-order valence-corrected chi connectivity index (χ2v) is 6.26. The highest BCUT2D eigenvalue weighted by molar-refractivity contribution is 9.11. The molecule has 0 spiro atoms. The van der Waals surface area contributed by atoms with Gasteiger partial charge in [0.15, 0.2) is 0 Å². The van der Waals surface area contributed by atoms with E-state index in [1.807, 2.05) is 18.2 Å². The molecular weight excluding hydrogens is 292 g/mol. The van der Waals surface area contributed by atoms with E-state index >= 15 is 0 Å². The lowest BCUT2D eigenvalue weighted by molar-refractivity contribution is 1.51. The molecule has 0 amide bonds. The fraction of sp³-hybridized carbons (Fsp3) is 0. The lowest BCUT2D eigenvalue weighted by Gasteiger charge is -1.82. The fourth-order valence-corrected chi connectivity index (χ4v) is 4.09. The van der Waals surface area contributed by atoms with E-state index in [4.69, 9.17) is 11.8 Å². The largest absolute Gasteiger partial charge is 0.263 e. The zero-order valence-corrected chi connectivity index (χ0v) is 10.5. The van der Waals surface area contributed by atoms with Crippen LogP contribution in [-0.2, 0) is 0 Å². The maximum Gasteiger partial charge on any atom is 0.263 e. The molecule has 0 fully saturated rings. The Morgan fingerprint density at radius 2 is 2.20 bits per heavy atom. The summed E-state index contributed by atoms with van der Waals surface area (Å²) in [6, 6.07) is 5.90. The smallest absolute Gasteiger partial charge is 0.227 e. The van der Waals surface area contributed by atoms with E-state index in [2.05, 4.69) is 20.8 Å². The van der Waals surface area contributed by atoms with E-state index in [-0.39, 0.29) is 5.70 Å². The highest BCUT2D eigenvalue weighted by Crippen LogP contribution is 2.36. The minimum atomic E-state index is 0.128. The normalized spacial score (nSPS) is 11.3. The minimum Gasteiger partial charge on any atom is -0.227 e. The summed E-state index contributed by atoms with van der Waals surface area (Å²) in [5.74, 6) is 0. The van der Waals surface area contributed by atoms with E-state index < -0.39 is 0 Å². The summed E-state index contributed by atoms with van der Waals surface area (Å²) in [6.07, 6.45) is 1.62. The highest BCUT2D eigenvalue weighted by atomic mass is 79.9. The molecule has 0 aliphatic carbocycles. The van der Waals surface area contributed by atoms with Crippen LogP contribution in [0.25, 0.3) is 20.3 Å². The summed E-state index contributed by atoms with van der Waals surface area (Å²) in [4.78, 5) is 4.08. The third-order valence-corrected chi connectivity index (χ3v) is 4.45. The van der Waals surface area contributed by atoms with Crippen molar-refractivity contribution in [2.24, 2.45) is 0 Å². The van der Waals surface area contributed by atoms with Gasteiger partial charge in [-0.05, 0) is 34.1 Å². The van der Waals surface area contributed by atoms with Crippen LogP contribution in [0, 0.1) is 17.9 Å². The first-order valence-corrected chi connectivity index (χ1v) is 6.33. The molecule has 2 heterocycles. The van der Waals surface area contributed by atoms with E-state index in [0.717, 1.165) is 8.66 Å². The Morgan fingerprint density at radius 3 is 2.80 bits per heavy atom. The van der Waals surface area contributed by atoms with Crippen LogP contribution in [0.5, 0.6) is 0 Å². The molecule has 2 nitrogen and oxygen atoms in total. The molecule has 0 bridgehead atoms. The summed E-state index contributed by atoms with van der Waals surface area (Å²) in [5, 5.41) is 8.62. The van der Waals surface area contributed by atoms with Gasteiger partial charge in [0.2, 0.25) is 0 Å². The monoisotopic (exact) mass is 294 g/mol.